The number of amides is 4. The minimum atomic E-state index is -1.33. The highest BCUT2D eigenvalue weighted by Crippen LogP contribution is 2.26. The van der Waals surface area contributed by atoms with E-state index in [0.29, 0.717) is 45.0 Å². The summed E-state index contributed by atoms with van der Waals surface area (Å²) in [6.45, 7) is 8.77. The molecular weight excluding hydrogens is 618 g/mol. The molecule has 0 radical (unpaired) electrons. The van der Waals surface area contributed by atoms with Gasteiger partial charge in [-0.2, -0.15) is 0 Å². The lowest BCUT2D eigenvalue weighted by molar-refractivity contribution is -0.143. The number of nitrogens with zero attached hydrogens (tertiary/aromatic N) is 1. The van der Waals surface area contributed by atoms with Crippen LogP contribution in [0.1, 0.15) is 81.9 Å². The number of ether oxygens (including phenoxy) is 1. The second-order valence-electron chi connectivity index (χ2n) is 14.6. The third kappa shape index (κ3) is 10.1. The second-order valence-corrected chi connectivity index (χ2v) is 14.6. The quantitative estimate of drug-likeness (QED) is 0.298. The topological polar surface area (TPSA) is 129 Å². The number of fused-ring (bicyclic) bond motifs is 4. The molecule has 2 fully saturated rings. The number of piperidine rings is 1. The molecule has 5 rings (SSSR count). The molecule has 2 unspecified atom stereocenters. The van der Waals surface area contributed by atoms with E-state index in [1.54, 1.807) is 13.8 Å². The number of hydrogen-bond acceptors (Lipinski definition) is 6. The Morgan fingerprint density at radius 3 is 2.59 bits per heavy atom. The average molecular weight is 674 g/mol. The zero-order valence-electron chi connectivity index (χ0n) is 29.5. The molecule has 1 aliphatic carbocycles. The number of rotatable bonds is 9. The number of carbonyl (C=O) groups is 4. The molecule has 2 heterocycles. The number of benzene rings is 2. The zero-order chi connectivity index (χ0) is 34.8. The summed E-state index contributed by atoms with van der Waals surface area (Å²) < 4.78 is 6.15. The Balaban J connectivity index is 1.40. The first-order valence-electron chi connectivity index (χ1n) is 18.3. The molecular formula is C39H55N5O5. The molecule has 10 heteroatoms. The summed E-state index contributed by atoms with van der Waals surface area (Å²) >= 11 is 0. The normalized spacial score (nSPS) is 25.6. The van der Waals surface area contributed by atoms with Gasteiger partial charge in [-0.1, -0.05) is 49.7 Å². The molecule has 1 saturated heterocycles. The molecule has 1 saturated carbocycles. The van der Waals surface area contributed by atoms with Crippen LogP contribution in [0.15, 0.2) is 48.5 Å². The molecule has 4 amide bonds. The van der Waals surface area contributed by atoms with Gasteiger partial charge in [0.1, 0.15) is 17.3 Å². The highest BCUT2D eigenvalue weighted by molar-refractivity contribution is 5.97. The van der Waals surface area contributed by atoms with Gasteiger partial charge < -0.3 is 30.9 Å². The molecule has 0 aromatic heterocycles. The fourth-order valence-corrected chi connectivity index (χ4v) is 7.06. The van der Waals surface area contributed by atoms with Crippen molar-refractivity contribution in [2.75, 3.05) is 32.8 Å². The first-order valence-corrected chi connectivity index (χ1v) is 18.3. The van der Waals surface area contributed by atoms with Crippen molar-refractivity contribution in [3.05, 3.63) is 65.2 Å². The highest BCUT2D eigenvalue weighted by Gasteiger charge is 2.41. The van der Waals surface area contributed by atoms with E-state index in [9.17, 15) is 19.2 Å². The molecule has 10 nitrogen and oxygen atoms in total. The number of nitrogens with one attached hydrogen (secondary N) is 4. The lowest BCUT2D eigenvalue weighted by atomic mass is 9.85. The van der Waals surface area contributed by atoms with E-state index in [-0.39, 0.29) is 36.6 Å². The maximum Gasteiger partial charge on any atom is 0.245 e. The summed E-state index contributed by atoms with van der Waals surface area (Å²) in [6, 6.07) is 14.6. The predicted molar refractivity (Wildman–Crippen MR) is 190 cm³/mol. The van der Waals surface area contributed by atoms with Gasteiger partial charge in [-0.05, 0) is 106 Å². The molecule has 266 valence electrons. The fourth-order valence-electron chi connectivity index (χ4n) is 7.06. The third-order valence-electron chi connectivity index (χ3n) is 10.7. The molecule has 3 aliphatic rings. The number of aryl methyl sites for hydroxylation is 2. The summed E-state index contributed by atoms with van der Waals surface area (Å²) in [7, 11) is 0. The first kappa shape index (κ1) is 36.4. The van der Waals surface area contributed by atoms with Gasteiger partial charge >= 0.3 is 0 Å². The van der Waals surface area contributed by atoms with E-state index in [1.165, 1.54) is 19.3 Å². The SMILES string of the molecule is Cc1ccc2cc1CNC(=O)[C@@](C)(CCc1ccccc1)NC(=O)[C@@H](NC(=O)CCNCC1CCC1)C(C)C(=O)N1CCCC(CCO2)C1. The monoisotopic (exact) mass is 673 g/mol. The Morgan fingerprint density at radius 2 is 1.84 bits per heavy atom. The molecule has 2 aromatic carbocycles. The molecule has 2 aromatic rings. The maximum atomic E-state index is 14.3. The molecule has 49 heavy (non-hydrogen) atoms. The van der Waals surface area contributed by atoms with Gasteiger partial charge in [0.25, 0.3) is 0 Å². The summed E-state index contributed by atoms with van der Waals surface area (Å²) in [5.41, 5.74) is 1.67. The smallest absolute Gasteiger partial charge is 0.245 e. The first-order chi connectivity index (χ1) is 23.6. The Morgan fingerprint density at radius 1 is 1.04 bits per heavy atom. The zero-order valence-corrected chi connectivity index (χ0v) is 29.5. The van der Waals surface area contributed by atoms with Gasteiger partial charge in [-0.25, -0.2) is 0 Å². The van der Waals surface area contributed by atoms with Crippen LogP contribution in [-0.4, -0.2) is 72.9 Å². The third-order valence-corrected chi connectivity index (χ3v) is 10.7. The average Bonchev–Trinajstić information content (AvgIpc) is 3.08. The van der Waals surface area contributed by atoms with Crippen molar-refractivity contribution in [1.82, 2.24) is 26.2 Å². The van der Waals surface area contributed by atoms with E-state index in [1.807, 2.05) is 60.4 Å². The Labute approximate surface area is 291 Å². The van der Waals surface area contributed by atoms with E-state index in [0.717, 1.165) is 48.2 Å². The van der Waals surface area contributed by atoms with Crippen LogP contribution in [0.3, 0.4) is 0 Å². The Kier molecular flexibility index (Phi) is 12.7. The van der Waals surface area contributed by atoms with Crippen molar-refractivity contribution in [3.8, 4) is 5.75 Å². The van der Waals surface area contributed by atoms with Gasteiger partial charge in [0.05, 0.1) is 12.5 Å². The minimum Gasteiger partial charge on any atom is -0.494 e. The summed E-state index contributed by atoms with van der Waals surface area (Å²) in [6.07, 6.45) is 7.41. The van der Waals surface area contributed by atoms with Crippen LogP contribution in [0.5, 0.6) is 5.75 Å². The van der Waals surface area contributed by atoms with Crippen LogP contribution < -0.4 is 26.0 Å². The van der Waals surface area contributed by atoms with Crippen LogP contribution >= 0.6 is 0 Å². The summed E-state index contributed by atoms with van der Waals surface area (Å²) in [5, 5.41) is 12.4. The fraction of sp³-hybridized carbons (Fsp3) is 0.590. The van der Waals surface area contributed by atoms with Crippen molar-refractivity contribution in [3.63, 3.8) is 0 Å². The molecule has 4 N–H and O–H groups in total. The van der Waals surface area contributed by atoms with Gasteiger partial charge in [0.2, 0.25) is 23.6 Å². The van der Waals surface area contributed by atoms with Crippen LogP contribution in [0.4, 0.5) is 0 Å². The number of carbonyl (C=O) groups excluding carboxylic acids is 4. The lowest BCUT2D eigenvalue weighted by Crippen LogP contribution is -2.63. The van der Waals surface area contributed by atoms with E-state index in [2.05, 4.69) is 21.3 Å². The van der Waals surface area contributed by atoms with Crippen LogP contribution in [0.25, 0.3) is 0 Å². The van der Waals surface area contributed by atoms with Crippen molar-refractivity contribution in [2.45, 2.75) is 96.7 Å². The van der Waals surface area contributed by atoms with Crippen LogP contribution in [0, 0.1) is 24.7 Å². The van der Waals surface area contributed by atoms with Crippen molar-refractivity contribution < 1.29 is 23.9 Å². The number of hydrogen-bond donors (Lipinski definition) is 4. The van der Waals surface area contributed by atoms with E-state index >= 15 is 0 Å². The highest BCUT2D eigenvalue weighted by atomic mass is 16.5. The van der Waals surface area contributed by atoms with Gasteiger partial charge in [0, 0.05) is 32.6 Å². The maximum absolute atomic E-state index is 14.3. The molecule has 2 aliphatic heterocycles. The molecule has 4 bridgehead atoms. The summed E-state index contributed by atoms with van der Waals surface area (Å²) in [5.74, 6) is -0.500. The van der Waals surface area contributed by atoms with Gasteiger partial charge in [0.15, 0.2) is 0 Å². The lowest BCUT2D eigenvalue weighted by Gasteiger charge is -2.37. The van der Waals surface area contributed by atoms with E-state index in [4.69, 9.17) is 4.74 Å². The predicted octanol–water partition coefficient (Wildman–Crippen LogP) is 4.04. The molecule has 4 atom stereocenters. The van der Waals surface area contributed by atoms with Crippen molar-refractivity contribution >= 4 is 23.6 Å². The summed E-state index contributed by atoms with van der Waals surface area (Å²) in [4.78, 5) is 57.5. The van der Waals surface area contributed by atoms with Gasteiger partial charge in [-0.15, -0.1) is 0 Å². The Hall–Kier alpha value is -3.92. The van der Waals surface area contributed by atoms with Crippen LogP contribution in [-0.2, 0) is 32.1 Å². The van der Waals surface area contributed by atoms with Crippen LogP contribution in [0.2, 0.25) is 0 Å². The standard InChI is InChI=1S/C39H55N5O5/c1-27-14-15-33-23-32(27)25-41-38(48)39(3,19-16-29-9-5-4-6-10-29)43-36(46)35(42-34(45)17-20-40-24-30-11-7-12-30)28(2)37(47)44-21-8-13-31(26-44)18-22-49-33/h4-6,9-10,14-15,23,28,30-31,35,40H,7-8,11-13,16-22,24-26H2,1-3H3,(H,41,48)(H,42,45)(H,43,46)/t28?,31?,35-,39+/m0/s1. The molecule has 0 spiro atoms. The van der Waals surface area contributed by atoms with Gasteiger partial charge in [-0.3, -0.25) is 19.2 Å². The minimum absolute atomic E-state index is 0.172. The van der Waals surface area contributed by atoms with Crippen molar-refractivity contribution in [1.29, 1.82) is 0 Å². The Bertz CT molecular complexity index is 1450. The second kappa shape index (κ2) is 17.1. The largest absolute Gasteiger partial charge is 0.494 e. The van der Waals surface area contributed by atoms with Crippen molar-refractivity contribution in [2.24, 2.45) is 17.8 Å². The van der Waals surface area contributed by atoms with E-state index < -0.39 is 23.4 Å².